The van der Waals surface area contributed by atoms with E-state index in [0.717, 1.165) is 36.9 Å². The van der Waals surface area contributed by atoms with Crippen molar-refractivity contribution >= 4 is 5.57 Å². The lowest BCUT2D eigenvalue weighted by Gasteiger charge is -2.59. The molecule has 5 rings (SSSR count). The van der Waals surface area contributed by atoms with Crippen LogP contribution in [0, 0.1) is 34.5 Å². The van der Waals surface area contributed by atoms with Gasteiger partial charge in [-0.3, -0.25) is 0 Å². The minimum Gasteiger partial charge on any atom is -0.444 e. The molecule has 1 heterocycles. The molecule has 0 bridgehead atoms. The zero-order valence-corrected chi connectivity index (χ0v) is 17.2. The number of allylic oxidation sites excluding steroid dienone is 3. The van der Waals surface area contributed by atoms with Gasteiger partial charge in [-0.05, 0) is 80.0 Å². The number of fused-ring (bicyclic) bond motifs is 5. The number of aliphatic hydroxyl groups is 1. The van der Waals surface area contributed by atoms with Crippen molar-refractivity contribution in [2.75, 3.05) is 0 Å². The molecule has 7 atom stereocenters. The number of aromatic nitrogens is 1. The first-order valence-electron chi connectivity index (χ1n) is 10.8. The van der Waals surface area contributed by atoms with E-state index in [4.69, 9.17) is 4.42 Å². The Morgan fingerprint density at radius 3 is 2.63 bits per heavy atom. The average Bonchev–Trinajstić information content (AvgIpc) is 3.21. The zero-order chi connectivity index (χ0) is 19.0. The fraction of sp³-hybridized carbons (Fsp3) is 0.708. The molecule has 0 spiro atoms. The lowest BCUT2D eigenvalue weighted by atomic mass is 9.45. The summed E-state index contributed by atoms with van der Waals surface area (Å²) in [6, 6.07) is 0. The Kier molecular flexibility index (Phi) is 3.82. The topological polar surface area (TPSA) is 46.3 Å². The fourth-order valence-corrected chi connectivity index (χ4v) is 7.76. The molecule has 3 heteroatoms. The Labute approximate surface area is 163 Å². The van der Waals surface area contributed by atoms with Crippen molar-refractivity contribution < 1.29 is 9.52 Å². The maximum absolute atomic E-state index is 10.2. The maximum Gasteiger partial charge on any atom is 0.181 e. The van der Waals surface area contributed by atoms with Gasteiger partial charge < -0.3 is 9.52 Å². The van der Waals surface area contributed by atoms with E-state index in [-0.39, 0.29) is 11.5 Å². The second-order valence-corrected chi connectivity index (χ2v) is 10.3. The number of hydrogen-bond donors (Lipinski definition) is 1. The molecular formula is C24H33NO2. The molecule has 4 aliphatic rings. The SMILES string of the molecule is CC1=C(c2cnco2)[C@@]2(C)CC[C@H]3[C@@H]([C@@H](C)C=C4C[C@@H](O)CC[C@@]43C)[C@@H]2C1. The molecule has 0 amide bonds. The maximum atomic E-state index is 10.2. The Hall–Kier alpha value is -1.35. The van der Waals surface area contributed by atoms with Crippen LogP contribution in [-0.4, -0.2) is 16.2 Å². The van der Waals surface area contributed by atoms with E-state index in [1.54, 1.807) is 12.0 Å². The summed E-state index contributed by atoms with van der Waals surface area (Å²) in [5.74, 6) is 3.74. The van der Waals surface area contributed by atoms with Gasteiger partial charge in [-0.2, -0.15) is 0 Å². The minimum atomic E-state index is -0.129. The van der Waals surface area contributed by atoms with Crippen LogP contribution in [0.4, 0.5) is 0 Å². The highest BCUT2D eigenvalue weighted by Crippen LogP contribution is 2.68. The molecule has 4 aliphatic carbocycles. The van der Waals surface area contributed by atoms with E-state index in [1.807, 2.05) is 6.20 Å². The third-order valence-corrected chi connectivity index (χ3v) is 9.00. The molecule has 27 heavy (non-hydrogen) atoms. The van der Waals surface area contributed by atoms with Crippen LogP contribution in [0.25, 0.3) is 5.57 Å². The molecule has 2 fully saturated rings. The van der Waals surface area contributed by atoms with Gasteiger partial charge in [-0.1, -0.05) is 38.0 Å². The molecule has 3 nitrogen and oxygen atoms in total. The van der Waals surface area contributed by atoms with Crippen LogP contribution in [0.5, 0.6) is 0 Å². The third kappa shape index (κ3) is 2.33. The molecule has 0 unspecified atom stereocenters. The molecule has 1 aromatic heterocycles. The molecule has 0 saturated heterocycles. The van der Waals surface area contributed by atoms with Gasteiger partial charge in [0.05, 0.1) is 12.3 Å². The molecular weight excluding hydrogens is 334 g/mol. The first-order valence-corrected chi connectivity index (χ1v) is 10.8. The van der Waals surface area contributed by atoms with Crippen LogP contribution in [0.1, 0.15) is 72.0 Å². The van der Waals surface area contributed by atoms with Crippen molar-refractivity contribution in [1.82, 2.24) is 4.98 Å². The van der Waals surface area contributed by atoms with Crippen molar-refractivity contribution in [2.24, 2.45) is 34.5 Å². The first kappa shape index (κ1) is 17.7. The predicted molar refractivity (Wildman–Crippen MR) is 107 cm³/mol. The van der Waals surface area contributed by atoms with E-state index in [1.165, 1.54) is 30.4 Å². The van der Waals surface area contributed by atoms with Gasteiger partial charge in [0.15, 0.2) is 12.2 Å². The summed E-state index contributed by atoms with van der Waals surface area (Å²) in [4.78, 5) is 4.20. The van der Waals surface area contributed by atoms with Crippen LogP contribution in [0.15, 0.2) is 34.2 Å². The van der Waals surface area contributed by atoms with Crippen molar-refractivity contribution in [3.05, 3.63) is 35.6 Å². The number of oxazole rings is 1. The highest BCUT2D eigenvalue weighted by Gasteiger charge is 2.59. The lowest BCUT2D eigenvalue weighted by Crippen LogP contribution is -2.52. The van der Waals surface area contributed by atoms with Crippen LogP contribution in [0.3, 0.4) is 0 Å². The van der Waals surface area contributed by atoms with Crippen LogP contribution in [-0.2, 0) is 0 Å². The highest BCUT2D eigenvalue weighted by molar-refractivity contribution is 5.72. The van der Waals surface area contributed by atoms with E-state index in [9.17, 15) is 5.11 Å². The van der Waals surface area contributed by atoms with Gasteiger partial charge in [0.25, 0.3) is 0 Å². The Morgan fingerprint density at radius 2 is 1.89 bits per heavy atom. The second kappa shape index (κ2) is 5.83. The monoisotopic (exact) mass is 367 g/mol. The zero-order valence-electron chi connectivity index (χ0n) is 17.2. The van der Waals surface area contributed by atoms with Gasteiger partial charge in [-0.25, -0.2) is 4.98 Å². The fourth-order valence-electron chi connectivity index (χ4n) is 7.76. The van der Waals surface area contributed by atoms with Crippen LogP contribution in [0.2, 0.25) is 0 Å². The number of aliphatic hydroxyl groups excluding tert-OH is 1. The summed E-state index contributed by atoms with van der Waals surface area (Å²) in [5, 5.41) is 10.2. The van der Waals surface area contributed by atoms with Gasteiger partial charge in [0, 0.05) is 5.57 Å². The van der Waals surface area contributed by atoms with Crippen LogP contribution < -0.4 is 0 Å². The van der Waals surface area contributed by atoms with E-state index in [0.29, 0.717) is 17.3 Å². The molecule has 2 saturated carbocycles. The quantitative estimate of drug-likeness (QED) is 0.655. The Bertz CT molecular complexity index is 806. The number of rotatable bonds is 1. The van der Waals surface area contributed by atoms with E-state index in [2.05, 4.69) is 38.8 Å². The van der Waals surface area contributed by atoms with Gasteiger partial charge in [0.1, 0.15) is 0 Å². The number of nitrogens with zero attached hydrogens (tertiary/aromatic N) is 1. The molecule has 146 valence electrons. The molecule has 0 aromatic carbocycles. The third-order valence-electron chi connectivity index (χ3n) is 9.00. The Morgan fingerprint density at radius 1 is 1.11 bits per heavy atom. The van der Waals surface area contributed by atoms with Crippen molar-refractivity contribution in [3.8, 4) is 0 Å². The van der Waals surface area contributed by atoms with Crippen molar-refractivity contribution in [3.63, 3.8) is 0 Å². The van der Waals surface area contributed by atoms with E-state index < -0.39 is 0 Å². The van der Waals surface area contributed by atoms with Crippen molar-refractivity contribution in [1.29, 1.82) is 0 Å². The second-order valence-electron chi connectivity index (χ2n) is 10.3. The summed E-state index contributed by atoms with van der Waals surface area (Å²) < 4.78 is 5.77. The summed E-state index contributed by atoms with van der Waals surface area (Å²) in [5.41, 5.74) is 4.99. The number of hydrogen-bond acceptors (Lipinski definition) is 3. The normalized spacial score (nSPS) is 46.6. The van der Waals surface area contributed by atoms with Gasteiger partial charge >= 0.3 is 0 Å². The molecule has 1 N–H and O–H groups in total. The molecule has 1 aromatic rings. The largest absolute Gasteiger partial charge is 0.444 e. The molecule has 0 aliphatic heterocycles. The average molecular weight is 368 g/mol. The standard InChI is InChI=1S/C24H33NO2/c1-14-9-16-11-17(26)5-7-23(16,3)18-6-8-24(4)19(21(14)18)10-15(2)22(24)20-12-25-13-27-20/h9,12-14,17-19,21,26H,5-8,10-11H2,1-4H3/t14-,17-,18-,19-,21+,23-,24-/m0/s1. The summed E-state index contributed by atoms with van der Waals surface area (Å²) in [6.07, 6.45) is 12.6. The van der Waals surface area contributed by atoms with Gasteiger partial charge in [0.2, 0.25) is 0 Å². The van der Waals surface area contributed by atoms with E-state index >= 15 is 0 Å². The van der Waals surface area contributed by atoms with Gasteiger partial charge in [-0.15, -0.1) is 0 Å². The lowest BCUT2D eigenvalue weighted by molar-refractivity contribution is -0.0431. The summed E-state index contributed by atoms with van der Waals surface area (Å²) >= 11 is 0. The summed E-state index contributed by atoms with van der Waals surface area (Å²) in [7, 11) is 0. The van der Waals surface area contributed by atoms with Crippen molar-refractivity contribution in [2.45, 2.75) is 72.3 Å². The summed E-state index contributed by atoms with van der Waals surface area (Å²) in [6.45, 7) is 9.73. The smallest absolute Gasteiger partial charge is 0.181 e. The minimum absolute atomic E-state index is 0.129. The molecule has 0 radical (unpaired) electrons. The predicted octanol–water partition coefficient (Wildman–Crippen LogP) is 5.63. The Balaban J connectivity index is 1.55. The van der Waals surface area contributed by atoms with Crippen LogP contribution >= 0.6 is 0 Å². The first-order chi connectivity index (χ1) is 12.8. The highest BCUT2D eigenvalue weighted by atomic mass is 16.3.